The molecule has 1 aromatic carbocycles. The Morgan fingerprint density at radius 2 is 1.75 bits per heavy atom. The summed E-state index contributed by atoms with van der Waals surface area (Å²) in [5.41, 5.74) is 6.69. The van der Waals surface area contributed by atoms with Gasteiger partial charge in [-0.2, -0.15) is 0 Å². The zero-order valence-corrected chi connectivity index (χ0v) is 8.96. The third-order valence-electron chi connectivity index (χ3n) is 2.53. The molecule has 0 bridgehead atoms. The van der Waals surface area contributed by atoms with E-state index in [0.717, 1.165) is 17.8 Å². The molecule has 3 nitrogen and oxygen atoms in total. The van der Waals surface area contributed by atoms with Gasteiger partial charge in [0.2, 0.25) is 0 Å². The van der Waals surface area contributed by atoms with Gasteiger partial charge in [0, 0.05) is 11.4 Å². The lowest BCUT2D eigenvalue weighted by Crippen LogP contribution is -2.03. The Hall–Kier alpha value is -1.91. The maximum Gasteiger partial charge on any atom is 0.152 e. The summed E-state index contributed by atoms with van der Waals surface area (Å²) in [6.07, 6.45) is 1.39. The van der Waals surface area contributed by atoms with E-state index >= 15 is 0 Å². The van der Waals surface area contributed by atoms with E-state index in [4.69, 9.17) is 5.73 Å². The van der Waals surface area contributed by atoms with Crippen molar-refractivity contribution >= 4 is 5.69 Å². The molecule has 1 aromatic heterocycles. The zero-order chi connectivity index (χ0) is 11.9. The van der Waals surface area contributed by atoms with Crippen molar-refractivity contribution in [2.75, 3.05) is 5.73 Å². The van der Waals surface area contributed by atoms with Crippen molar-refractivity contribution < 1.29 is 8.78 Å². The molecule has 0 aliphatic heterocycles. The number of aryl methyl sites for hydroxylation is 1. The van der Waals surface area contributed by atoms with E-state index in [2.05, 4.69) is 4.98 Å². The molecular weight excluding hydrogens is 212 g/mol. The number of nitrogens with zero attached hydrogens (tertiary/aromatic N) is 2. The number of imidazole rings is 1. The van der Waals surface area contributed by atoms with E-state index in [9.17, 15) is 8.78 Å². The third-order valence-corrected chi connectivity index (χ3v) is 2.53. The average molecular weight is 223 g/mol. The van der Waals surface area contributed by atoms with Gasteiger partial charge in [0.15, 0.2) is 11.6 Å². The summed E-state index contributed by atoms with van der Waals surface area (Å²) in [7, 11) is 0. The van der Waals surface area contributed by atoms with Crippen LogP contribution < -0.4 is 5.73 Å². The van der Waals surface area contributed by atoms with Gasteiger partial charge in [0.05, 0.1) is 12.0 Å². The minimum Gasteiger partial charge on any atom is -0.399 e. The number of nitrogens with two attached hydrogens (primary N) is 1. The largest absolute Gasteiger partial charge is 0.399 e. The molecule has 16 heavy (non-hydrogen) atoms. The van der Waals surface area contributed by atoms with Gasteiger partial charge in [-0.15, -0.1) is 0 Å². The lowest BCUT2D eigenvalue weighted by Gasteiger charge is -2.09. The number of aromatic nitrogens is 2. The molecule has 5 heteroatoms. The molecule has 0 saturated heterocycles. The minimum atomic E-state index is -0.696. The number of hydrogen-bond donors (Lipinski definition) is 1. The Bertz CT molecular complexity index is 523. The van der Waals surface area contributed by atoms with E-state index in [-0.39, 0.29) is 11.4 Å². The smallest absolute Gasteiger partial charge is 0.152 e. The Kier molecular flexibility index (Phi) is 2.38. The third kappa shape index (κ3) is 1.54. The maximum absolute atomic E-state index is 13.6. The van der Waals surface area contributed by atoms with Gasteiger partial charge < -0.3 is 5.73 Å². The van der Waals surface area contributed by atoms with Crippen LogP contribution in [0.2, 0.25) is 0 Å². The van der Waals surface area contributed by atoms with Crippen LogP contribution in [0.15, 0.2) is 18.5 Å². The Labute approximate surface area is 91.5 Å². The average Bonchev–Trinajstić information content (AvgIpc) is 2.48. The molecule has 0 saturated carbocycles. The zero-order valence-electron chi connectivity index (χ0n) is 8.96. The minimum absolute atomic E-state index is 0.0632. The highest BCUT2D eigenvalue weighted by atomic mass is 19.1. The van der Waals surface area contributed by atoms with Crippen molar-refractivity contribution in [2.45, 2.75) is 13.8 Å². The Balaban J connectivity index is 2.69. The van der Waals surface area contributed by atoms with E-state index in [0.29, 0.717) is 5.69 Å². The van der Waals surface area contributed by atoms with Gasteiger partial charge in [-0.05, 0) is 26.0 Å². The van der Waals surface area contributed by atoms with Gasteiger partial charge in [0.25, 0.3) is 0 Å². The summed E-state index contributed by atoms with van der Waals surface area (Å²) >= 11 is 0. The van der Waals surface area contributed by atoms with Crippen molar-refractivity contribution in [1.29, 1.82) is 0 Å². The van der Waals surface area contributed by atoms with Crippen LogP contribution in [-0.2, 0) is 0 Å². The van der Waals surface area contributed by atoms with Crippen LogP contribution in [0.4, 0.5) is 14.5 Å². The second-order valence-electron chi connectivity index (χ2n) is 3.62. The molecule has 0 atom stereocenters. The van der Waals surface area contributed by atoms with Crippen molar-refractivity contribution in [3.8, 4) is 5.69 Å². The molecule has 0 radical (unpaired) electrons. The highest BCUT2D eigenvalue weighted by Crippen LogP contribution is 2.22. The van der Waals surface area contributed by atoms with Crippen molar-refractivity contribution in [2.24, 2.45) is 0 Å². The van der Waals surface area contributed by atoms with Gasteiger partial charge in [-0.1, -0.05) is 0 Å². The van der Waals surface area contributed by atoms with E-state index in [1.807, 2.05) is 0 Å². The topological polar surface area (TPSA) is 43.8 Å². The van der Waals surface area contributed by atoms with E-state index in [1.54, 1.807) is 13.8 Å². The SMILES string of the molecule is Cc1ncn(-c2c(F)cc(N)cc2F)c1C. The summed E-state index contributed by atoms with van der Waals surface area (Å²) in [5, 5.41) is 0. The van der Waals surface area contributed by atoms with E-state index < -0.39 is 11.6 Å². The molecule has 2 N–H and O–H groups in total. The van der Waals surface area contributed by atoms with Gasteiger partial charge in [-0.3, -0.25) is 4.57 Å². The first-order chi connectivity index (χ1) is 7.50. The Morgan fingerprint density at radius 3 is 2.19 bits per heavy atom. The second kappa shape index (κ2) is 3.59. The first-order valence-electron chi connectivity index (χ1n) is 4.76. The van der Waals surface area contributed by atoms with Crippen molar-refractivity contribution in [3.05, 3.63) is 41.5 Å². The number of anilines is 1. The fourth-order valence-corrected chi connectivity index (χ4v) is 1.54. The molecular formula is C11H11F2N3. The molecule has 0 aliphatic rings. The highest BCUT2D eigenvalue weighted by molar-refractivity contribution is 5.48. The summed E-state index contributed by atoms with van der Waals surface area (Å²) in [5.74, 6) is -1.39. The summed E-state index contributed by atoms with van der Waals surface area (Å²) in [6, 6.07) is 2.18. The molecule has 2 rings (SSSR count). The molecule has 1 heterocycles. The lowest BCUT2D eigenvalue weighted by molar-refractivity contribution is 0.568. The molecule has 0 spiro atoms. The fourth-order valence-electron chi connectivity index (χ4n) is 1.54. The van der Waals surface area contributed by atoms with Crippen LogP contribution >= 0.6 is 0 Å². The molecule has 84 valence electrons. The summed E-state index contributed by atoms with van der Waals surface area (Å²) in [4.78, 5) is 4.00. The molecule has 2 aromatic rings. The number of halogens is 2. The summed E-state index contributed by atoms with van der Waals surface area (Å²) < 4.78 is 28.6. The van der Waals surface area contributed by atoms with Crippen LogP contribution in [0.25, 0.3) is 5.69 Å². The highest BCUT2D eigenvalue weighted by Gasteiger charge is 2.14. The maximum atomic E-state index is 13.6. The first kappa shape index (κ1) is 10.6. The summed E-state index contributed by atoms with van der Waals surface area (Å²) in [6.45, 7) is 3.52. The van der Waals surface area contributed by atoms with Gasteiger partial charge >= 0.3 is 0 Å². The molecule has 0 aliphatic carbocycles. The number of benzene rings is 1. The van der Waals surface area contributed by atoms with Crippen LogP contribution in [0.1, 0.15) is 11.4 Å². The predicted octanol–water partition coefficient (Wildman–Crippen LogP) is 2.35. The van der Waals surface area contributed by atoms with Crippen molar-refractivity contribution in [3.63, 3.8) is 0 Å². The Morgan fingerprint density at radius 1 is 1.19 bits per heavy atom. The number of hydrogen-bond acceptors (Lipinski definition) is 2. The lowest BCUT2D eigenvalue weighted by atomic mass is 10.2. The van der Waals surface area contributed by atoms with Gasteiger partial charge in [-0.25, -0.2) is 13.8 Å². The fraction of sp³-hybridized carbons (Fsp3) is 0.182. The van der Waals surface area contributed by atoms with E-state index in [1.165, 1.54) is 10.9 Å². The number of rotatable bonds is 1. The van der Waals surface area contributed by atoms with Crippen molar-refractivity contribution in [1.82, 2.24) is 9.55 Å². The predicted molar refractivity (Wildman–Crippen MR) is 57.4 cm³/mol. The number of nitrogen functional groups attached to an aromatic ring is 1. The van der Waals surface area contributed by atoms with Gasteiger partial charge in [0.1, 0.15) is 5.69 Å². The normalized spacial score (nSPS) is 10.8. The monoisotopic (exact) mass is 223 g/mol. The van der Waals surface area contributed by atoms with Crippen LogP contribution in [-0.4, -0.2) is 9.55 Å². The first-order valence-corrected chi connectivity index (χ1v) is 4.76. The molecule has 0 unspecified atom stereocenters. The molecule has 0 amide bonds. The standard InChI is InChI=1S/C11H11F2N3/c1-6-7(2)16(5-15-6)11-9(12)3-8(14)4-10(11)13/h3-5H,14H2,1-2H3. The molecule has 0 fully saturated rings. The van der Waals surface area contributed by atoms with Crippen LogP contribution in [0.3, 0.4) is 0 Å². The second-order valence-corrected chi connectivity index (χ2v) is 3.62. The van der Waals surface area contributed by atoms with Crippen LogP contribution in [0.5, 0.6) is 0 Å². The quantitative estimate of drug-likeness (QED) is 0.754. The van der Waals surface area contributed by atoms with Crippen LogP contribution in [0, 0.1) is 25.5 Å².